The predicted octanol–water partition coefficient (Wildman–Crippen LogP) is 1.90. The lowest BCUT2D eigenvalue weighted by molar-refractivity contribution is -0.139. The molecule has 3 heterocycles. The summed E-state index contributed by atoms with van der Waals surface area (Å²) in [6.07, 6.45) is 5.05. The first kappa shape index (κ1) is 23.4. The second kappa shape index (κ2) is 10.1. The number of aromatic nitrogens is 2. The van der Waals surface area contributed by atoms with Gasteiger partial charge >= 0.3 is 0 Å². The average molecular weight is 470 g/mol. The highest BCUT2D eigenvalue weighted by Gasteiger charge is 2.34. The summed E-state index contributed by atoms with van der Waals surface area (Å²) in [7, 11) is 0. The molecule has 2 aromatic rings. The number of piperidine rings is 1. The van der Waals surface area contributed by atoms with Crippen LogP contribution < -0.4 is 16.0 Å². The molecule has 0 spiro atoms. The van der Waals surface area contributed by atoms with Crippen LogP contribution in [-0.4, -0.2) is 76.5 Å². The standard InChI is InChI=1S/C25H36FN7O/c1-17-2-5-22-23(17)24(30-16-29-22)31-10-12-32(13-11-31)25(34)33(19-6-8-28-9-7-19)15-18-3-4-21(27)20(26)14-18/h3-4,14,16-17,19,25,28,34H,2,5-13,15,27H2,1H3/t17-,25?/m1/s1. The molecule has 8 nitrogen and oxygen atoms in total. The van der Waals surface area contributed by atoms with Crippen molar-refractivity contribution < 1.29 is 9.50 Å². The van der Waals surface area contributed by atoms with Crippen LogP contribution in [0.25, 0.3) is 0 Å². The number of nitrogens with one attached hydrogen (secondary N) is 1. The highest BCUT2D eigenvalue weighted by molar-refractivity contribution is 5.52. The summed E-state index contributed by atoms with van der Waals surface area (Å²) in [5.41, 5.74) is 9.15. The van der Waals surface area contributed by atoms with Gasteiger partial charge in [0.05, 0.1) is 5.69 Å². The second-order valence-corrected chi connectivity index (χ2v) is 9.88. The molecule has 4 N–H and O–H groups in total. The van der Waals surface area contributed by atoms with Crippen molar-refractivity contribution >= 4 is 11.5 Å². The molecule has 2 aliphatic heterocycles. The summed E-state index contributed by atoms with van der Waals surface area (Å²) in [5.74, 6) is 1.15. The van der Waals surface area contributed by atoms with Gasteiger partial charge in [-0.3, -0.25) is 9.80 Å². The Hall–Kier alpha value is -2.33. The second-order valence-electron chi connectivity index (χ2n) is 9.88. The molecule has 3 aliphatic rings. The molecule has 0 radical (unpaired) electrons. The minimum Gasteiger partial charge on any atom is -0.396 e. The number of aliphatic hydroxyl groups excluding tert-OH is 1. The van der Waals surface area contributed by atoms with E-state index in [1.54, 1.807) is 12.4 Å². The Kier molecular flexibility index (Phi) is 6.96. The van der Waals surface area contributed by atoms with Gasteiger partial charge in [-0.2, -0.15) is 0 Å². The number of hydrogen-bond donors (Lipinski definition) is 3. The van der Waals surface area contributed by atoms with Crippen molar-refractivity contribution in [2.75, 3.05) is 49.9 Å². The Morgan fingerprint density at radius 1 is 1.18 bits per heavy atom. The minimum absolute atomic E-state index is 0.152. The number of hydrogen-bond acceptors (Lipinski definition) is 8. The van der Waals surface area contributed by atoms with Crippen LogP contribution in [0.2, 0.25) is 0 Å². The normalized spacial score (nSPS) is 22.8. The third-order valence-electron chi connectivity index (χ3n) is 7.70. The molecule has 1 aromatic heterocycles. The molecule has 0 saturated carbocycles. The van der Waals surface area contributed by atoms with Crippen LogP contribution in [0.5, 0.6) is 0 Å². The van der Waals surface area contributed by atoms with Gasteiger partial charge in [-0.1, -0.05) is 13.0 Å². The van der Waals surface area contributed by atoms with Crippen molar-refractivity contribution in [3.63, 3.8) is 0 Å². The lowest BCUT2D eigenvalue weighted by atomic mass is 10.0. The Morgan fingerprint density at radius 2 is 1.94 bits per heavy atom. The van der Waals surface area contributed by atoms with Gasteiger partial charge in [-0.15, -0.1) is 0 Å². The fourth-order valence-corrected chi connectivity index (χ4v) is 5.67. The molecule has 1 aliphatic carbocycles. The van der Waals surface area contributed by atoms with Crippen LogP contribution in [0, 0.1) is 5.82 Å². The van der Waals surface area contributed by atoms with E-state index in [1.807, 2.05) is 6.07 Å². The summed E-state index contributed by atoms with van der Waals surface area (Å²) >= 11 is 0. The fourth-order valence-electron chi connectivity index (χ4n) is 5.67. The summed E-state index contributed by atoms with van der Waals surface area (Å²) in [4.78, 5) is 15.8. The van der Waals surface area contributed by atoms with Gasteiger partial charge in [0.25, 0.3) is 0 Å². The summed E-state index contributed by atoms with van der Waals surface area (Å²) in [6.45, 7) is 7.70. The molecule has 2 atom stereocenters. The molecule has 5 rings (SSSR count). The fraction of sp³-hybridized carbons (Fsp3) is 0.600. The summed E-state index contributed by atoms with van der Waals surface area (Å²) < 4.78 is 14.1. The summed E-state index contributed by atoms with van der Waals surface area (Å²) in [6, 6.07) is 5.19. The van der Waals surface area contributed by atoms with Crippen molar-refractivity contribution in [3.05, 3.63) is 47.2 Å². The molecule has 184 valence electrons. The number of nitrogens with zero attached hydrogens (tertiary/aromatic N) is 5. The first-order chi connectivity index (χ1) is 16.5. The first-order valence-corrected chi connectivity index (χ1v) is 12.5. The Bertz CT molecular complexity index is 991. The first-order valence-electron chi connectivity index (χ1n) is 12.5. The van der Waals surface area contributed by atoms with E-state index in [2.05, 4.69) is 36.9 Å². The lowest BCUT2D eigenvalue weighted by Crippen LogP contribution is -2.59. The third kappa shape index (κ3) is 4.75. The van der Waals surface area contributed by atoms with Gasteiger partial charge in [0, 0.05) is 50.0 Å². The van der Waals surface area contributed by atoms with E-state index in [-0.39, 0.29) is 11.7 Å². The van der Waals surface area contributed by atoms with E-state index in [4.69, 9.17) is 5.73 Å². The molecule has 1 unspecified atom stereocenters. The number of aryl methyl sites for hydroxylation is 1. The van der Waals surface area contributed by atoms with Crippen LogP contribution in [0.1, 0.15) is 48.9 Å². The van der Waals surface area contributed by atoms with E-state index < -0.39 is 12.2 Å². The number of fused-ring (bicyclic) bond motifs is 1. The Labute approximate surface area is 201 Å². The zero-order chi connectivity index (χ0) is 23.7. The van der Waals surface area contributed by atoms with Crippen LogP contribution in [0.3, 0.4) is 0 Å². The molecule has 1 aromatic carbocycles. The van der Waals surface area contributed by atoms with Gasteiger partial charge in [-0.25, -0.2) is 14.4 Å². The van der Waals surface area contributed by atoms with Gasteiger partial charge in [0.15, 0.2) is 6.35 Å². The molecular formula is C25H36FN7O. The Balaban J connectivity index is 1.29. The van der Waals surface area contributed by atoms with Gasteiger partial charge in [0.2, 0.25) is 0 Å². The predicted molar refractivity (Wildman–Crippen MR) is 131 cm³/mol. The smallest absolute Gasteiger partial charge is 0.166 e. The molecule has 34 heavy (non-hydrogen) atoms. The van der Waals surface area contributed by atoms with Crippen LogP contribution >= 0.6 is 0 Å². The number of anilines is 2. The van der Waals surface area contributed by atoms with Gasteiger partial charge in [0.1, 0.15) is 18.0 Å². The zero-order valence-electron chi connectivity index (χ0n) is 20.0. The van der Waals surface area contributed by atoms with Gasteiger partial charge < -0.3 is 21.1 Å². The third-order valence-corrected chi connectivity index (χ3v) is 7.70. The number of benzene rings is 1. The van der Waals surface area contributed by atoms with Crippen molar-refractivity contribution in [2.24, 2.45) is 0 Å². The number of rotatable bonds is 6. The number of nitrogens with two attached hydrogens (primary N) is 1. The number of nitrogen functional groups attached to an aromatic ring is 1. The van der Waals surface area contributed by atoms with E-state index in [0.717, 1.165) is 76.3 Å². The van der Waals surface area contributed by atoms with Gasteiger partial charge in [-0.05, 0) is 62.4 Å². The monoisotopic (exact) mass is 469 g/mol. The van der Waals surface area contributed by atoms with E-state index in [0.29, 0.717) is 12.5 Å². The number of piperazine rings is 1. The quantitative estimate of drug-likeness (QED) is 0.436. The molecule has 2 fully saturated rings. The highest BCUT2D eigenvalue weighted by atomic mass is 19.1. The van der Waals surface area contributed by atoms with Crippen molar-refractivity contribution in [1.82, 2.24) is 25.1 Å². The topological polar surface area (TPSA) is 93.8 Å². The zero-order valence-corrected chi connectivity index (χ0v) is 20.0. The molecule has 9 heteroatoms. The van der Waals surface area contributed by atoms with Crippen LogP contribution in [-0.2, 0) is 13.0 Å². The molecular weight excluding hydrogens is 433 g/mol. The largest absolute Gasteiger partial charge is 0.396 e. The minimum atomic E-state index is -0.721. The SMILES string of the molecule is C[C@@H]1CCc2ncnc(N3CCN(C(O)N(Cc4ccc(N)c(F)c4)C4CCNCC4)CC3)c21. The number of halogens is 1. The highest BCUT2D eigenvalue weighted by Crippen LogP contribution is 2.37. The van der Waals surface area contributed by atoms with Crippen molar-refractivity contribution in [3.8, 4) is 0 Å². The molecule has 2 saturated heterocycles. The maximum absolute atomic E-state index is 14.1. The van der Waals surface area contributed by atoms with Crippen molar-refractivity contribution in [2.45, 2.75) is 57.5 Å². The summed E-state index contributed by atoms with van der Waals surface area (Å²) in [5, 5.41) is 14.9. The average Bonchev–Trinajstić information content (AvgIpc) is 3.26. The molecule has 0 amide bonds. The maximum Gasteiger partial charge on any atom is 0.166 e. The van der Waals surface area contributed by atoms with Crippen molar-refractivity contribution in [1.29, 1.82) is 0 Å². The lowest BCUT2D eigenvalue weighted by Gasteiger charge is -2.45. The maximum atomic E-state index is 14.1. The Morgan fingerprint density at radius 3 is 2.68 bits per heavy atom. The van der Waals surface area contributed by atoms with Crippen LogP contribution in [0.4, 0.5) is 15.9 Å². The molecule has 0 bridgehead atoms. The number of aliphatic hydroxyl groups is 1. The van der Waals surface area contributed by atoms with E-state index in [1.165, 1.54) is 17.3 Å². The van der Waals surface area contributed by atoms with Crippen LogP contribution in [0.15, 0.2) is 24.5 Å². The van der Waals surface area contributed by atoms with E-state index >= 15 is 0 Å². The van der Waals surface area contributed by atoms with E-state index in [9.17, 15) is 9.50 Å².